The number of imidazole rings is 3. The lowest BCUT2D eigenvalue weighted by Crippen LogP contribution is -2.45. The molecule has 3 saturated heterocycles. The molecule has 16 atom stereocenters. The van der Waals surface area contributed by atoms with Gasteiger partial charge in [-0.25, -0.2) is 38.2 Å². The van der Waals surface area contributed by atoms with Crippen LogP contribution < -0.4 is 37.8 Å². The molecule has 6 aromatic rings. The Bertz CT molecular complexity index is 3530. The number of aliphatic hydroxyl groups is 2. The van der Waals surface area contributed by atoms with Gasteiger partial charge in [0.25, 0.3) is 17.1 Å². The topological polar surface area (TPSA) is 534 Å². The van der Waals surface area contributed by atoms with E-state index >= 15 is 0 Å². The molecule has 0 radical (unpaired) electrons. The Balaban J connectivity index is 0.895. The van der Waals surface area contributed by atoms with E-state index in [0.717, 1.165) is 26.1 Å². The lowest BCUT2D eigenvalue weighted by Gasteiger charge is -2.35. The van der Waals surface area contributed by atoms with Crippen LogP contribution in [-0.2, 0) is 75.9 Å². The number of aromatic nitrogens is 12. The summed E-state index contributed by atoms with van der Waals surface area (Å²) in [6, 6.07) is 0. The zero-order chi connectivity index (χ0) is 56.4. The van der Waals surface area contributed by atoms with Gasteiger partial charge in [-0.05, 0) is 6.42 Å². The van der Waals surface area contributed by atoms with Crippen LogP contribution in [0.15, 0.2) is 34.9 Å². The van der Waals surface area contributed by atoms with Crippen molar-refractivity contribution in [1.82, 2.24) is 53.6 Å². The fourth-order valence-corrected chi connectivity index (χ4v) is 14.7. The SMILES string of the molecule is COCC[C@H]1[C@@H](O)[C@H]([n+]2cn(C)c3c(=O)[nH]c(N)nc32)O[C@@H]1COP(=O)(O)OP(=O)(O)OP(=O)(O)OC[C@H]1O[C@@H](n2cnc3c(N)ncnc32)[C@H](OC)[C@@H]1P(=O)([O-])OC[C@H]1O[C@@H](n2cnc3c(=O)[nH]c(N)nc32)[C@H](OC)[C@@H]1O. The van der Waals surface area contributed by atoms with Crippen LogP contribution in [0.3, 0.4) is 0 Å². The predicted molar refractivity (Wildman–Crippen MR) is 254 cm³/mol. The standard InChI is InChI=1S/C36H51N15O23P4/c1-48-13-51(29-20(48)31(55)47-36(39)45-29)32-21(52)14(5-6-64-2)15(70-32)7-68-76(58,59)73-78(62,63)74-77(60,61)69-9-17-25(24(66-4)34(72-17)49-11-42-18-26(37)40-10-41-27(18)49)75(56,57)67-8-16-22(53)23(65-3)33(71-16)50-12-43-19-28(50)44-35(38)46-30(19)54/h10-17,21-25,32-34,52-53H,5-9H2,1-4H3,(H11-,37,38,39,40,41,44,45,46,47,54,55,56,57,58,59,60,61,62,63)/t14-,15-,16-,17-,21-,22-,23-,24-,25-,32-,33-,34-/m1/s1. The molecule has 6 aromatic heterocycles. The molecule has 0 saturated carbocycles. The number of fused-ring (bicyclic) bond motifs is 3. The first kappa shape index (κ1) is 57.6. The quantitative estimate of drug-likeness (QED) is 0.0235. The minimum atomic E-state index is -6.20. The molecule has 0 amide bonds. The van der Waals surface area contributed by atoms with Gasteiger partial charge in [0.15, 0.2) is 41.4 Å². The van der Waals surface area contributed by atoms with Crippen LogP contribution >= 0.6 is 31.1 Å². The number of phosphoric ester groups is 2. The van der Waals surface area contributed by atoms with E-state index in [-0.39, 0.29) is 64.2 Å². The average Bonchev–Trinajstić information content (AvgIpc) is 4.43. The predicted octanol–water partition coefficient (Wildman–Crippen LogP) is -3.33. The number of phosphoric acid groups is 3. The summed E-state index contributed by atoms with van der Waals surface area (Å²) in [7, 11) is -18.3. The molecule has 428 valence electrons. The van der Waals surface area contributed by atoms with Crippen molar-refractivity contribution < 1.29 is 103 Å². The van der Waals surface area contributed by atoms with Crippen LogP contribution in [0.2, 0.25) is 0 Å². The van der Waals surface area contributed by atoms with Gasteiger partial charge in [0.1, 0.15) is 50.0 Å². The van der Waals surface area contributed by atoms with Crippen molar-refractivity contribution in [2.75, 3.05) is 65.0 Å². The van der Waals surface area contributed by atoms with Crippen molar-refractivity contribution >= 4 is 82.3 Å². The van der Waals surface area contributed by atoms with E-state index in [0.29, 0.717) is 0 Å². The third-order valence-electron chi connectivity index (χ3n) is 12.8. The maximum atomic E-state index is 14.4. The molecule has 0 aliphatic carbocycles. The third kappa shape index (κ3) is 11.3. The lowest BCUT2D eigenvalue weighted by molar-refractivity contribution is -0.745. The van der Waals surface area contributed by atoms with Crippen LogP contribution in [0, 0.1) is 5.92 Å². The fraction of sp³-hybridized carbons (Fsp3) is 0.583. The summed E-state index contributed by atoms with van der Waals surface area (Å²) in [5.74, 6) is -1.56. The Labute approximate surface area is 435 Å². The highest BCUT2D eigenvalue weighted by molar-refractivity contribution is 7.66. The number of aliphatic hydroxyl groups excluding tert-OH is 2. The van der Waals surface area contributed by atoms with Gasteiger partial charge in [0.2, 0.25) is 17.7 Å². The number of nitrogen functional groups attached to an aromatic ring is 3. The summed E-state index contributed by atoms with van der Waals surface area (Å²) in [5, 5.41) is 22.7. The minimum Gasteiger partial charge on any atom is -0.778 e. The zero-order valence-corrected chi connectivity index (χ0v) is 44.4. The number of H-pyrrole nitrogens is 2. The van der Waals surface area contributed by atoms with E-state index in [9.17, 15) is 57.6 Å². The van der Waals surface area contributed by atoms with Crippen molar-refractivity contribution in [3.8, 4) is 0 Å². The van der Waals surface area contributed by atoms with Crippen molar-refractivity contribution in [3.63, 3.8) is 0 Å². The van der Waals surface area contributed by atoms with Gasteiger partial charge in [-0.3, -0.25) is 42.3 Å². The van der Waals surface area contributed by atoms with Gasteiger partial charge < -0.3 is 84.5 Å². The number of hydrogen-bond donors (Lipinski definition) is 10. The highest BCUT2D eigenvalue weighted by atomic mass is 31.3. The normalized spacial score (nSPS) is 29.8. The highest BCUT2D eigenvalue weighted by Gasteiger charge is 2.55. The first-order valence-electron chi connectivity index (χ1n) is 22.7. The maximum Gasteiger partial charge on any atom is 0.490 e. The molecule has 42 heteroatoms. The molecule has 13 N–H and O–H groups in total. The number of anilines is 3. The number of hydrogen-bond acceptors (Lipinski definition) is 29. The van der Waals surface area contributed by atoms with Gasteiger partial charge in [-0.2, -0.15) is 13.6 Å². The number of nitrogens with zero attached hydrogens (tertiary/aromatic N) is 10. The van der Waals surface area contributed by atoms with Crippen molar-refractivity contribution in [3.05, 3.63) is 46.0 Å². The second-order valence-electron chi connectivity index (χ2n) is 17.6. The zero-order valence-electron chi connectivity index (χ0n) is 40.9. The first-order chi connectivity index (χ1) is 36.8. The molecule has 0 bridgehead atoms. The van der Waals surface area contributed by atoms with E-state index in [4.69, 9.17) is 59.2 Å². The second kappa shape index (κ2) is 22.1. The van der Waals surface area contributed by atoms with E-state index in [1.54, 1.807) is 0 Å². The monoisotopic (exact) mass is 1190 g/mol. The number of aryl methyl sites for hydroxylation is 1. The van der Waals surface area contributed by atoms with Gasteiger partial charge in [0.05, 0.1) is 57.4 Å². The van der Waals surface area contributed by atoms with E-state index in [1.165, 1.54) is 45.9 Å². The van der Waals surface area contributed by atoms with Gasteiger partial charge in [-0.1, -0.05) is 4.98 Å². The fourth-order valence-electron chi connectivity index (χ4n) is 9.41. The smallest absolute Gasteiger partial charge is 0.490 e. The summed E-state index contributed by atoms with van der Waals surface area (Å²) in [4.78, 5) is 100. The largest absolute Gasteiger partial charge is 0.778 e. The Morgan fingerprint density at radius 1 is 0.731 bits per heavy atom. The van der Waals surface area contributed by atoms with Crippen molar-refractivity contribution in [2.45, 2.75) is 73.5 Å². The molecular formula is C36H51N15O23P4. The molecule has 9 rings (SSSR count). The van der Waals surface area contributed by atoms with Crippen LogP contribution in [0.25, 0.3) is 33.5 Å². The molecule has 38 nitrogen and oxygen atoms in total. The summed E-state index contributed by atoms with van der Waals surface area (Å²) in [6.45, 7) is -3.15. The number of ether oxygens (including phenoxy) is 6. The van der Waals surface area contributed by atoms with Gasteiger partial charge >= 0.3 is 29.1 Å². The second-order valence-corrected chi connectivity index (χ2v) is 24.2. The Kier molecular flexibility index (Phi) is 16.3. The summed E-state index contributed by atoms with van der Waals surface area (Å²) < 4.78 is 117. The average molecular weight is 1190 g/mol. The van der Waals surface area contributed by atoms with Crippen LogP contribution in [-0.4, -0.2) is 175 Å². The van der Waals surface area contributed by atoms with Crippen LogP contribution in [0.5, 0.6) is 0 Å². The Hall–Kier alpha value is -5.11. The minimum absolute atomic E-state index is 0.00325. The molecular weight excluding hydrogens is 1130 g/mol. The number of nitrogens with two attached hydrogens (primary N) is 3. The molecule has 4 unspecified atom stereocenters. The number of aromatic amines is 2. The lowest BCUT2D eigenvalue weighted by atomic mass is 9.95. The molecule has 9 heterocycles. The number of rotatable bonds is 22. The molecule has 78 heavy (non-hydrogen) atoms. The molecule has 0 spiro atoms. The molecule has 3 fully saturated rings. The summed E-state index contributed by atoms with van der Waals surface area (Å²) in [6.07, 6.45) is -10.0. The van der Waals surface area contributed by atoms with Gasteiger partial charge in [0, 0.05) is 33.9 Å². The summed E-state index contributed by atoms with van der Waals surface area (Å²) in [5.41, 5.74) is 14.0. The van der Waals surface area contributed by atoms with Crippen LogP contribution in [0.1, 0.15) is 25.1 Å². The molecule has 0 aromatic carbocycles. The van der Waals surface area contributed by atoms with Crippen molar-refractivity contribution in [1.29, 1.82) is 0 Å². The van der Waals surface area contributed by atoms with Crippen molar-refractivity contribution in [2.24, 2.45) is 13.0 Å². The Morgan fingerprint density at radius 2 is 1.32 bits per heavy atom. The van der Waals surface area contributed by atoms with Gasteiger partial charge in [-0.15, -0.1) is 0 Å². The highest BCUT2D eigenvalue weighted by Crippen LogP contribution is 2.68. The van der Waals surface area contributed by atoms with Crippen LogP contribution in [0.4, 0.5) is 17.7 Å². The van der Waals surface area contributed by atoms with E-state index in [2.05, 4.69) is 48.5 Å². The van der Waals surface area contributed by atoms with E-state index in [1.807, 2.05) is 0 Å². The molecule has 3 aliphatic rings. The summed E-state index contributed by atoms with van der Waals surface area (Å²) >= 11 is 0. The first-order valence-corrected chi connectivity index (χ1v) is 28.8. The maximum absolute atomic E-state index is 14.4. The Morgan fingerprint density at radius 3 is 1.99 bits per heavy atom. The third-order valence-corrected chi connectivity index (χ3v) is 18.9. The van der Waals surface area contributed by atoms with E-state index < -0.39 is 135 Å². The number of methoxy groups -OCH3 is 3. The molecule has 3 aliphatic heterocycles. The number of nitrogens with one attached hydrogen (secondary N) is 2.